The molecule has 0 spiro atoms. The van der Waals surface area contributed by atoms with Crippen molar-refractivity contribution in [2.45, 2.75) is 13.5 Å². The average molecular weight is 369 g/mol. The van der Waals surface area contributed by atoms with Crippen LogP contribution in [0.3, 0.4) is 0 Å². The van der Waals surface area contributed by atoms with Crippen molar-refractivity contribution in [2.75, 3.05) is 6.61 Å². The number of ether oxygens (including phenoxy) is 2. The van der Waals surface area contributed by atoms with E-state index in [4.69, 9.17) is 15.0 Å². The number of carbonyl (C=O) groups excluding carboxylic acids is 2. The number of carbonyl (C=O) groups is 2. The highest BCUT2D eigenvalue weighted by atomic mass is 16.5. The molecule has 3 rings (SSSR count). The first-order valence-electron chi connectivity index (χ1n) is 7.82. The number of nitrogens with zero attached hydrogens (tertiary/aromatic N) is 4. The van der Waals surface area contributed by atoms with Crippen LogP contribution in [0.1, 0.15) is 21.8 Å². The van der Waals surface area contributed by atoms with Gasteiger partial charge in [0.1, 0.15) is 18.1 Å². The molecule has 0 fully saturated rings. The molecule has 10 nitrogen and oxygen atoms in total. The number of rotatable bonds is 7. The van der Waals surface area contributed by atoms with E-state index in [0.29, 0.717) is 11.5 Å². The Morgan fingerprint density at radius 3 is 2.59 bits per heavy atom. The molecule has 0 aliphatic rings. The van der Waals surface area contributed by atoms with Crippen LogP contribution in [0.15, 0.2) is 41.2 Å². The lowest BCUT2D eigenvalue weighted by Crippen LogP contribution is -2.21. The minimum Gasteiger partial charge on any atom is -0.472 e. The number of hydrogen-bond acceptors (Lipinski definition) is 9. The summed E-state index contributed by atoms with van der Waals surface area (Å²) in [5.41, 5.74) is 7.09. The second-order valence-corrected chi connectivity index (χ2v) is 5.39. The first-order chi connectivity index (χ1) is 13.0. The zero-order chi connectivity index (χ0) is 19.2. The Kier molecular flexibility index (Phi) is 5.36. The number of primary amides is 1. The fraction of sp³-hybridized carbons (Fsp3) is 0.176. The molecule has 0 bridgehead atoms. The highest BCUT2D eigenvalue weighted by Crippen LogP contribution is 2.25. The van der Waals surface area contributed by atoms with E-state index in [1.54, 1.807) is 19.3 Å². The van der Waals surface area contributed by atoms with Crippen molar-refractivity contribution in [3.05, 3.63) is 53.7 Å². The van der Waals surface area contributed by atoms with E-state index in [9.17, 15) is 9.59 Å². The van der Waals surface area contributed by atoms with Crippen molar-refractivity contribution >= 4 is 11.9 Å². The third kappa shape index (κ3) is 4.42. The summed E-state index contributed by atoms with van der Waals surface area (Å²) < 4.78 is 15.5. The van der Waals surface area contributed by atoms with E-state index in [1.165, 1.54) is 12.1 Å². The number of hydrogen-bond donors (Lipinski definition) is 1. The van der Waals surface area contributed by atoms with Gasteiger partial charge in [-0.3, -0.25) is 9.78 Å². The summed E-state index contributed by atoms with van der Waals surface area (Å²) in [6.45, 7) is 1.40. The van der Waals surface area contributed by atoms with Gasteiger partial charge in [0.2, 0.25) is 5.88 Å². The molecule has 27 heavy (non-hydrogen) atoms. The van der Waals surface area contributed by atoms with E-state index in [1.807, 2.05) is 12.1 Å². The Bertz CT molecular complexity index is 940. The van der Waals surface area contributed by atoms with Crippen LogP contribution in [-0.4, -0.2) is 38.8 Å². The maximum absolute atomic E-state index is 11.7. The fourth-order valence-corrected chi connectivity index (χ4v) is 2.16. The van der Waals surface area contributed by atoms with E-state index in [0.717, 1.165) is 11.1 Å². The van der Waals surface area contributed by atoms with Crippen molar-refractivity contribution in [2.24, 2.45) is 5.73 Å². The molecule has 3 aromatic rings. The molecule has 0 aromatic carbocycles. The van der Waals surface area contributed by atoms with Crippen molar-refractivity contribution in [3.63, 3.8) is 0 Å². The molecule has 138 valence electrons. The Morgan fingerprint density at radius 2 is 1.93 bits per heavy atom. The van der Waals surface area contributed by atoms with Gasteiger partial charge in [-0.2, -0.15) is 0 Å². The summed E-state index contributed by atoms with van der Waals surface area (Å²) in [4.78, 5) is 26.2. The third-order valence-electron chi connectivity index (χ3n) is 3.50. The lowest BCUT2D eigenvalue weighted by molar-refractivity contribution is -0.121. The van der Waals surface area contributed by atoms with Gasteiger partial charge in [0.25, 0.3) is 5.91 Å². The number of pyridine rings is 1. The molecule has 0 aliphatic heterocycles. The number of esters is 1. The smallest absolute Gasteiger partial charge is 0.359 e. The first-order valence-corrected chi connectivity index (χ1v) is 7.82. The molecule has 1 amide bonds. The fourth-order valence-electron chi connectivity index (χ4n) is 2.16. The van der Waals surface area contributed by atoms with Crippen LogP contribution in [0.2, 0.25) is 0 Å². The van der Waals surface area contributed by atoms with E-state index in [2.05, 4.69) is 25.1 Å². The van der Waals surface area contributed by atoms with Gasteiger partial charge in [-0.15, -0.1) is 10.2 Å². The minimum atomic E-state index is -0.803. The minimum absolute atomic E-state index is 0.0674. The summed E-state index contributed by atoms with van der Waals surface area (Å²) in [6, 6.07) is 6.46. The number of aryl methyl sites for hydroxylation is 1. The predicted octanol–water partition coefficient (Wildman–Crippen LogP) is 1.06. The van der Waals surface area contributed by atoms with Crippen molar-refractivity contribution in [1.29, 1.82) is 0 Å². The lowest BCUT2D eigenvalue weighted by atomic mass is 10.1. The van der Waals surface area contributed by atoms with Crippen LogP contribution in [-0.2, 0) is 16.1 Å². The van der Waals surface area contributed by atoms with Gasteiger partial charge in [-0.1, -0.05) is 5.16 Å². The molecule has 0 saturated carbocycles. The van der Waals surface area contributed by atoms with Gasteiger partial charge in [0.15, 0.2) is 12.3 Å². The molecule has 10 heteroatoms. The zero-order valence-electron chi connectivity index (χ0n) is 14.3. The Labute approximate surface area is 153 Å². The molecule has 3 aromatic heterocycles. The van der Waals surface area contributed by atoms with Crippen LogP contribution >= 0.6 is 0 Å². The second kappa shape index (κ2) is 8.04. The highest BCUT2D eigenvalue weighted by Gasteiger charge is 2.16. The summed E-state index contributed by atoms with van der Waals surface area (Å²) in [6.07, 6.45) is 3.32. The van der Waals surface area contributed by atoms with Crippen molar-refractivity contribution < 1.29 is 23.6 Å². The topological polar surface area (TPSA) is 143 Å². The SMILES string of the molecule is Cc1onc(-c2ccncc2)c1COc1ccc(C(=O)OCC(N)=O)nn1. The Morgan fingerprint density at radius 1 is 1.15 bits per heavy atom. The summed E-state index contributed by atoms with van der Waals surface area (Å²) >= 11 is 0. The van der Waals surface area contributed by atoms with Crippen LogP contribution in [0, 0.1) is 6.92 Å². The molecule has 0 radical (unpaired) electrons. The van der Waals surface area contributed by atoms with Crippen LogP contribution in [0.25, 0.3) is 11.3 Å². The molecular formula is C17H15N5O5. The average Bonchev–Trinajstić information content (AvgIpc) is 3.06. The summed E-state index contributed by atoms with van der Waals surface area (Å²) in [7, 11) is 0. The number of nitrogens with two attached hydrogens (primary N) is 1. The van der Waals surface area contributed by atoms with Gasteiger partial charge in [0.05, 0.1) is 5.56 Å². The Hall–Kier alpha value is -3.82. The molecule has 2 N–H and O–H groups in total. The third-order valence-corrected chi connectivity index (χ3v) is 3.50. The molecule has 0 unspecified atom stereocenters. The lowest BCUT2D eigenvalue weighted by Gasteiger charge is -2.06. The second-order valence-electron chi connectivity index (χ2n) is 5.39. The number of aromatic nitrogens is 4. The Balaban J connectivity index is 1.67. The van der Waals surface area contributed by atoms with Gasteiger partial charge >= 0.3 is 5.97 Å². The predicted molar refractivity (Wildman–Crippen MR) is 90.3 cm³/mol. The molecule has 0 aliphatic carbocycles. The zero-order valence-corrected chi connectivity index (χ0v) is 14.3. The maximum atomic E-state index is 11.7. The monoisotopic (exact) mass is 369 g/mol. The van der Waals surface area contributed by atoms with Gasteiger partial charge in [0, 0.05) is 24.0 Å². The van der Waals surface area contributed by atoms with Crippen molar-refractivity contribution in [1.82, 2.24) is 20.3 Å². The standard InChI is InChI=1S/C17H15N5O5/c1-10-12(16(22-27-10)11-4-6-19-7-5-11)8-25-15-3-2-13(20-21-15)17(24)26-9-14(18)23/h2-7H,8-9H2,1H3,(H2,18,23). The van der Waals surface area contributed by atoms with E-state index < -0.39 is 18.5 Å². The van der Waals surface area contributed by atoms with Crippen LogP contribution in [0.4, 0.5) is 0 Å². The normalized spacial score (nSPS) is 10.4. The molecule has 3 heterocycles. The van der Waals surface area contributed by atoms with Crippen molar-refractivity contribution in [3.8, 4) is 17.1 Å². The van der Waals surface area contributed by atoms with Crippen LogP contribution < -0.4 is 10.5 Å². The van der Waals surface area contributed by atoms with E-state index >= 15 is 0 Å². The van der Waals surface area contributed by atoms with Crippen LogP contribution in [0.5, 0.6) is 5.88 Å². The highest BCUT2D eigenvalue weighted by molar-refractivity contribution is 5.89. The summed E-state index contributed by atoms with van der Waals surface area (Å²) in [5, 5.41) is 11.6. The molecular weight excluding hydrogens is 354 g/mol. The van der Waals surface area contributed by atoms with E-state index in [-0.39, 0.29) is 18.2 Å². The first kappa shape index (κ1) is 18.0. The molecule has 0 saturated heterocycles. The van der Waals surface area contributed by atoms with Gasteiger partial charge in [-0.05, 0) is 25.1 Å². The quantitative estimate of drug-likeness (QED) is 0.604. The number of amides is 1. The largest absolute Gasteiger partial charge is 0.472 e. The molecule has 0 atom stereocenters. The maximum Gasteiger partial charge on any atom is 0.359 e. The van der Waals surface area contributed by atoms with Gasteiger partial charge in [-0.25, -0.2) is 4.79 Å². The van der Waals surface area contributed by atoms with Gasteiger partial charge < -0.3 is 19.7 Å². The summed E-state index contributed by atoms with van der Waals surface area (Å²) in [5.74, 6) is -0.753.